The number of aldehydes is 1. The lowest BCUT2D eigenvalue weighted by molar-refractivity contribution is -0.140. The van der Waals surface area contributed by atoms with E-state index in [1.165, 1.54) is 12.1 Å². The molecule has 0 aliphatic heterocycles. The van der Waals surface area contributed by atoms with E-state index >= 15 is 0 Å². The molecule has 1 aromatic rings. The van der Waals surface area contributed by atoms with Crippen molar-refractivity contribution in [3.05, 3.63) is 35.6 Å². The van der Waals surface area contributed by atoms with Gasteiger partial charge in [0.1, 0.15) is 18.0 Å². The molecule has 68 valence electrons. The number of carbonyl (C=O) groups excluding carboxylic acids is 1. The van der Waals surface area contributed by atoms with Crippen molar-refractivity contribution < 1.29 is 19.1 Å². The van der Waals surface area contributed by atoms with Crippen molar-refractivity contribution in [2.75, 3.05) is 0 Å². The summed E-state index contributed by atoms with van der Waals surface area (Å²) in [6.45, 7) is 0. The highest BCUT2D eigenvalue weighted by Crippen LogP contribution is 2.13. The molecule has 1 aromatic carbocycles. The molecule has 0 aromatic heterocycles. The Kier molecular flexibility index (Phi) is 2.74. The first-order valence-electron chi connectivity index (χ1n) is 3.58. The molecule has 0 aliphatic carbocycles. The van der Waals surface area contributed by atoms with Crippen LogP contribution in [0.5, 0.6) is 0 Å². The van der Waals surface area contributed by atoms with Crippen molar-refractivity contribution >= 4 is 12.3 Å². The SMILES string of the molecule is O=CC(C(=O)O)c1ccc(F)cc1. The number of hydrogen-bond donors (Lipinski definition) is 1. The summed E-state index contributed by atoms with van der Waals surface area (Å²) in [4.78, 5) is 20.8. The van der Waals surface area contributed by atoms with E-state index in [0.29, 0.717) is 6.29 Å². The average Bonchev–Trinajstić information content (AvgIpc) is 2.09. The van der Waals surface area contributed by atoms with Crippen molar-refractivity contribution in [1.29, 1.82) is 0 Å². The molecule has 0 amide bonds. The van der Waals surface area contributed by atoms with Crippen LogP contribution in [0.1, 0.15) is 11.5 Å². The highest BCUT2D eigenvalue weighted by Gasteiger charge is 2.18. The van der Waals surface area contributed by atoms with E-state index in [1.807, 2.05) is 0 Å². The van der Waals surface area contributed by atoms with Crippen LogP contribution in [0.2, 0.25) is 0 Å². The third-order valence-corrected chi connectivity index (χ3v) is 1.63. The minimum Gasteiger partial charge on any atom is -0.480 e. The van der Waals surface area contributed by atoms with Crippen LogP contribution < -0.4 is 0 Å². The zero-order valence-corrected chi connectivity index (χ0v) is 6.61. The molecule has 0 aliphatic rings. The smallest absolute Gasteiger partial charge is 0.318 e. The lowest BCUT2D eigenvalue weighted by Crippen LogP contribution is -2.12. The van der Waals surface area contributed by atoms with E-state index in [4.69, 9.17) is 5.11 Å². The van der Waals surface area contributed by atoms with Gasteiger partial charge >= 0.3 is 5.97 Å². The summed E-state index contributed by atoms with van der Waals surface area (Å²) in [5.41, 5.74) is 0.281. The van der Waals surface area contributed by atoms with Crippen LogP contribution in [0.3, 0.4) is 0 Å². The molecule has 13 heavy (non-hydrogen) atoms. The van der Waals surface area contributed by atoms with E-state index < -0.39 is 17.7 Å². The molecule has 1 rings (SSSR count). The predicted octanol–water partition coefficient (Wildman–Crippen LogP) is 1.19. The molecule has 0 radical (unpaired) electrons. The topological polar surface area (TPSA) is 54.4 Å². The number of carboxylic acid groups (broad SMARTS) is 1. The van der Waals surface area contributed by atoms with Crippen LogP contribution >= 0.6 is 0 Å². The van der Waals surface area contributed by atoms with Crippen LogP contribution in [0.25, 0.3) is 0 Å². The first-order chi connectivity index (χ1) is 6.15. The second-order valence-corrected chi connectivity index (χ2v) is 2.50. The molecule has 0 saturated carbocycles. The summed E-state index contributed by atoms with van der Waals surface area (Å²) in [5, 5.41) is 8.57. The maximum Gasteiger partial charge on any atom is 0.318 e. The molecule has 3 nitrogen and oxygen atoms in total. The molecule has 0 heterocycles. The van der Waals surface area contributed by atoms with Gasteiger partial charge in [0.05, 0.1) is 0 Å². The van der Waals surface area contributed by atoms with E-state index in [9.17, 15) is 14.0 Å². The van der Waals surface area contributed by atoms with Gasteiger partial charge in [-0.3, -0.25) is 4.79 Å². The first kappa shape index (κ1) is 9.38. The van der Waals surface area contributed by atoms with E-state index in [1.54, 1.807) is 0 Å². The zero-order valence-electron chi connectivity index (χ0n) is 6.61. The van der Waals surface area contributed by atoms with E-state index in [-0.39, 0.29) is 5.56 Å². The minimum atomic E-state index is -1.23. The number of rotatable bonds is 3. The molecular weight excluding hydrogens is 175 g/mol. The quantitative estimate of drug-likeness (QED) is 0.564. The van der Waals surface area contributed by atoms with Crippen molar-refractivity contribution in [3.63, 3.8) is 0 Å². The Balaban J connectivity index is 2.99. The molecule has 0 spiro atoms. The van der Waals surface area contributed by atoms with E-state index in [2.05, 4.69) is 0 Å². The first-order valence-corrected chi connectivity index (χ1v) is 3.58. The Morgan fingerprint density at radius 3 is 2.31 bits per heavy atom. The van der Waals surface area contributed by atoms with Crippen molar-refractivity contribution in [2.45, 2.75) is 5.92 Å². The number of carboxylic acids is 1. The second kappa shape index (κ2) is 3.80. The Hall–Kier alpha value is -1.71. The summed E-state index contributed by atoms with van der Waals surface area (Å²) < 4.78 is 12.4. The van der Waals surface area contributed by atoms with Gasteiger partial charge in [-0.15, -0.1) is 0 Å². The van der Waals surface area contributed by atoms with Gasteiger partial charge in [0.15, 0.2) is 0 Å². The molecule has 0 bridgehead atoms. The highest BCUT2D eigenvalue weighted by molar-refractivity contribution is 5.92. The summed E-state index contributed by atoms with van der Waals surface area (Å²) >= 11 is 0. The molecule has 1 unspecified atom stereocenters. The van der Waals surface area contributed by atoms with Crippen LogP contribution in [0, 0.1) is 5.82 Å². The number of carbonyl (C=O) groups is 2. The standard InChI is InChI=1S/C9H7FO3/c10-7-3-1-6(2-4-7)8(5-11)9(12)13/h1-5,8H,(H,12,13). The fourth-order valence-electron chi connectivity index (χ4n) is 0.949. The fourth-order valence-corrected chi connectivity index (χ4v) is 0.949. The lowest BCUT2D eigenvalue weighted by Gasteiger charge is -2.03. The summed E-state index contributed by atoms with van der Waals surface area (Å²) in [6.07, 6.45) is 0.315. The van der Waals surface area contributed by atoms with Crippen LogP contribution in [0.4, 0.5) is 4.39 Å². The third kappa shape index (κ3) is 2.11. The van der Waals surface area contributed by atoms with Crippen molar-refractivity contribution in [1.82, 2.24) is 0 Å². The number of aliphatic carboxylic acids is 1. The Bertz CT molecular complexity index is 318. The Labute approximate surface area is 73.8 Å². The largest absolute Gasteiger partial charge is 0.480 e. The molecule has 0 saturated heterocycles. The Morgan fingerprint density at radius 2 is 1.92 bits per heavy atom. The number of benzene rings is 1. The number of hydrogen-bond acceptors (Lipinski definition) is 2. The molecule has 1 atom stereocenters. The summed E-state index contributed by atoms with van der Waals surface area (Å²) in [6, 6.07) is 4.80. The van der Waals surface area contributed by atoms with Gasteiger partial charge in [0, 0.05) is 0 Å². The van der Waals surface area contributed by atoms with Gasteiger partial charge < -0.3 is 9.90 Å². The predicted molar refractivity (Wildman–Crippen MR) is 42.8 cm³/mol. The van der Waals surface area contributed by atoms with Gasteiger partial charge in [0.2, 0.25) is 0 Å². The van der Waals surface area contributed by atoms with Crippen LogP contribution in [-0.4, -0.2) is 17.4 Å². The second-order valence-electron chi connectivity index (χ2n) is 2.50. The summed E-state index contributed by atoms with van der Waals surface area (Å²) in [7, 11) is 0. The van der Waals surface area contributed by atoms with Gasteiger partial charge in [-0.2, -0.15) is 0 Å². The van der Waals surface area contributed by atoms with Crippen molar-refractivity contribution in [3.8, 4) is 0 Å². The third-order valence-electron chi connectivity index (χ3n) is 1.63. The van der Waals surface area contributed by atoms with E-state index in [0.717, 1.165) is 12.1 Å². The maximum atomic E-state index is 12.4. The average molecular weight is 182 g/mol. The lowest BCUT2D eigenvalue weighted by atomic mass is 10.0. The van der Waals surface area contributed by atoms with Gasteiger partial charge in [0.25, 0.3) is 0 Å². The normalized spacial score (nSPS) is 12.1. The van der Waals surface area contributed by atoms with Crippen LogP contribution in [0.15, 0.2) is 24.3 Å². The van der Waals surface area contributed by atoms with Crippen molar-refractivity contribution in [2.24, 2.45) is 0 Å². The van der Waals surface area contributed by atoms with Gasteiger partial charge in [-0.05, 0) is 17.7 Å². The molecule has 4 heteroatoms. The fraction of sp³-hybridized carbons (Fsp3) is 0.111. The van der Waals surface area contributed by atoms with Gasteiger partial charge in [-0.25, -0.2) is 4.39 Å². The molecule has 1 N–H and O–H groups in total. The summed E-state index contributed by atoms with van der Waals surface area (Å²) in [5.74, 6) is -2.90. The highest BCUT2D eigenvalue weighted by atomic mass is 19.1. The maximum absolute atomic E-state index is 12.4. The van der Waals surface area contributed by atoms with Gasteiger partial charge in [-0.1, -0.05) is 12.1 Å². The zero-order chi connectivity index (χ0) is 9.84. The monoisotopic (exact) mass is 182 g/mol. The molecular formula is C9H7FO3. The molecule has 0 fully saturated rings. The Morgan fingerprint density at radius 1 is 1.38 bits per heavy atom. The number of halogens is 1. The van der Waals surface area contributed by atoms with Crippen LogP contribution in [-0.2, 0) is 9.59 Å². The minimum absolute atomic E-state index is 0.281.